The Morgan fingerprint density at radius 1 is 0.808 bits per heavy atom. The average molecular weight is 353 g/mol. The fourth-order valence-corrected chi connectivity index (χ4v) is 3.16. The lowest BCUT2D eigenvalue weighted by Crippen LogP contribution is -2.26. The molecule has 1 heterocycles. The summed E-state index contributed by atoms with van der Waals surface area (Å²) in [6, 6.07) is 18.1. The molecule has 1 aliphatic carbocycles. The Labute approximate surface area is 160 Å². The predicted molar refractivity (Wildman–Crippen MR) is 113 cm³/mol. The first-order valence-corrected chi connectivity index (χ1v) is 10.3. The first kappa shape index (κ1) is 20.7. The minimum absolute atomic E-state index is 0.871. The van der Waals surface area contributed by atoms with Crippen LogP contribution in [0.4, 0.5) is 0 Å². The van der Waals surface area contributed by atoms with E-state index in [1.807, 2.05) is 18.9 Å². The second-order valence-corrected chi connectivity index (χ2v) is 7.24. The largest absolute Gasteiger partial charge is 0.269 e. The molecule has 1 saturated carbocycles. The number of hydrogen-bond acceptors (Lipinski definition) is 2. The molecule has 0 amide bonds. The summed E-state index contributed by atoms with van der Waals surface area (Å²) in [5.74, 6) is 6.24. The van der Waals surface area contributed by atoms with Crippen LogP contribution in [0.15, 0.2) is 48.5 Å². The highest BCUT2D eigenvalue weighted by molar-refractivity contribution is 5.29. The fourth-order valence-electron chi connectivity index (χ4n) is 3.16. The van der Waals surface area contributed by atoms with Crippen LogP contribution in [0.2, 0.25) is 0 Å². The lowest BCUT2D eigenvalue weighted by molar-refractivity contribution is 0.355. The number of hydrogen-bond donors (Lipinski definition) is 1. The molecule has 0 atom stereocenters. The van der Waals surface area contributed by atoms with E-state index in [1.54, 1.807) is 0 Å². The third-order valence-corrected chi connectivity index (χ3v) is 4.99. The van der Waals surface area contributed by atoms with Gasteiger partial charge in [0.25, 0.3) is 0 Å². The minimum Gasteiger partial charge on any atom is -0.269 e. The molecular weight excluding hydrogens is 316 g/mol. The van der Waals surface area contributed by atoms with Crippen LogP contribution in [-0.4, -0.2) is 18.1 Å². The molecule has 0 unspecified atom stereocenters. The van der Waals surface area contributed by atoms with Crippen molar-refractivity contribution >= 4 is 0 Å². The van der Waals surface area contributed by atoms with Crippen LogP contribution in [-0.2, 0) is 12.8 Å². The Kier molecular flexibility index (Phi) is 8.87. The van der Waals surface area contributed by atoms with Gasteiger partial charge in [-0.25, -0.2) is 5.01 Å². The zero-order valence-electron chi connectivity index (χ0n) is 16.9. The van der Waals surface area contributed by atoms with Crippen LogP contribution in [0.3, 0.4) is 0 Å². The highest BCUT2D eigenvalue weighted by atomic mass is 15.4. The van der Waals surface area contributed by atoms with E-state index in [1.165, 1.54) is 47.9 Å². The average Bonchev–Trinajstić information content (AvgIpc) is 3.43. The van der Waals surface area contributed by atoms with Crippen LogP contribution in [0, 0.1) is 6.92 Å². The first-order chi connectivity index (χ1) is 12.7. The van der Waals surface area contributed by atoms with E-state index in [0.717, 1.165) is 31.8 Å². The molecule has 2 aromatic carbocycles. The highest BCUT2D eigenvalue weighted by Gasteiger charge is 2.22. The summed E-state index contributed by atoms with van der Waals surface area (Å²) in [7, 11) is 0. The quantitative estimate of drug-likeness (QED) is 0.722. The smallest absolute Gasteiger partial charge is 0.0129 e. The van der Waals surface area contributed by atoms with Crippen molar-refractivity contribution in [3.05, 3.63) is 70.8 Å². The van der Waals surface area contributed by atoms with Crippen molar-refractivity contribution in [2.24, 2.45) is 5.84 Å². The van der Waals surface area contributed by atoms with Gasteiger partial charge < -0.3 is 0 Å². The molecule has 2 aromatic rings. The summed E-state index contributed by atoms with van der Waals surface area (Å²) in [5.41, 5.74) is 5.77. The predicted octanol–water partition coefficient (Wildman–Crippen LogP) is 5.64. The van der Waals surface area contributed by atoms with Crippen molar-refractivity contribution in [1.82, 2.24) is 5.01 Å². The number of hydrazine groups is 1. The molecule has 0 bridgehead atoms. The molecule has 0 aromatic heterocycles. The van der Waals surface area contributed by atoms with Gasteiger partial charge in [0.05, 0.1) is 0 Å². The maximum Gasteiger partial charge on any atom is 0.0129 e. The van der Waals surface area contributed by atoms with E-state index in [4.69, 9.17) is 5.84 Å². The van der Waals surface area contributed by atoms with Crippen molar-refractivity contribution in [3.63, 3.8) is 0 Å². The molecule has 26 heavy (non-hydrogen) atoms. The topological polar surface area (TPSA) is 29.3 Å². The molecule has 0 radical (unpaired) electrons. The van der Waals surface area contributed by atoms with Crippen LogP contribution in [0.25, 0.3) is 0 Å². The van der Waals surface area contributed by atoms with Gasteiger partial charge in [0.1, 0.15) is 0 Å². The number of nitrogens with two attached hydrogens (primary N) is 1. The third kappa shape index (κ3) is 7.31. The van der Waals surface area contributed by atoms with Gasteiger partial charge in [0, 0.05) is 13.1 Å². The van der Waals surface area contributed by atoms with Gasteiger partial charge >= 0.3 is 0 Å². The molecule has 142 valence electrons. The number of nitrogens with zero attached hydrogens (tertiary/aromatic N) is 1. The van der Waals surface area contributed by atoms with Crippen molar-refractivity contribution in [1.29, 1.82) is 0 Å². The first-order valence-electron chi connectivity index (χ1n) is 10.3. The summed E-state index contributed by atoms with van der Waals surface area (Å²) in [5, 5.41) is 1.86. The summed E-state index contributed by atoms with van der Waals surface area (Å²) in [6.07, 6.45) is 7.65. The van der Waals surface area contributed by atoms with Gasteiger partial charge in [0.2, 0.25) is 0 Å². The Balaban J connectivity index is 0.000000256. The van der Waals surface area contributed by atoms with E-state index in [2.05, 4.69) is 55.5 Å². The van der Waals surface area contributed by atoms with Gasteiger partial charge in [-0.3, -0.25) is 5.84 Å². The third-order valence-electron chi connectivity index (χ3n) is 4.99. The lowest BCUT2D eigenvalue weighted by atomic mass is 10.0. The molecule has 0 spiro atoms. The Morgan fingerprint density at radius 2 is 1.27 bits per heavy atom. The molecule has 4 rings (SSSR count). The summed E-state index contributed by atoms with van der Waals surface area (Å²) >= 11 is 0. The van der Waals surface area contributed by atoms with E-state index in [-0.39, 0.29) is 0 Å². The van der Waals surface area contributed by atoms with E-state index >= 15 is 0 Å². The monoisotopic (exact) mass is 352 g/mol. The van der Waals surface area contributed by atoms with Gasteiger partial charge in [0.15, 0.2) is 0 Å². The molecule has 2 aliphatic rings. The number of rotatable bonds is 4. The fraction of sp³-hybridized carbons (Fsp3) is 0.500. The van der Waals surface area contributed by atoms with E-state index in [9.17, 15) is 0 Å². The maximum atomic E-state index is 5.37. The molecular formula is C24H36N2. The zero-order chi connectivity index (χ0) is 18.8. The van der Waals surface area contributed by atoms with Crippen LogP contribution >= 0.6 is 0 Å². The Morgan fingerprint density at radius 3 is 1.65 bits per heavy atom. The standard InChI is InChI=1S/C18H20.C4H10N2.C2H6/c1-14-2-4-15(5-3-14)6-7-16-8-10-17(11-9-16)18-12-13-18;5-6-3-1-2-4-6;1-2/h2-5,8-11,18H,6-7,12-13H2,1H3;1-5H2;1-2H3. The normalized spacial score (nSPS) is 16.3. The Hall–Kier alpha value is -1.64. The number of aryl methyl sites for hydroxylation is 3. The summed E-state index contributed by atoms with van der Waals surface area (Å²) in [4.78, 5) is 0. The van der Waals surface area contributed by atoms with Crippen molar-refractivity contribution < 1.29 is 0 Å². The highest BCUT2D eigenvalue weighted by Crippen LogP contribution is 2.39. The second-order valence-electron chi connectivity index (χ2n) is 7.24. The SMILES string of the molecule is CC.Cc1ccc(CCc2ccc(C3CC3)cc2)cc1.NN1CCCC1. The van der Waals surface area contributed by atoms with Crippen LogP contribution in [0.1, 0.15) is 67.7 Å². The van der Waals surface area contributed by atoms with Gasteiger partial charge in [-0.1, -0.05) is 67.9 Å². The number of benzene rings is 2. The molecule has 2 heteroatoms. The van der Waals surface area contributed by atoms with Gasteiger partial charge in [-0.05, 0) is 68.1 Å². The van der Waals surface area contributed by atoms with Crippen molar-refractivity contribution in [3.8, 4) is 0 Å². The molecule has 1 saturated heterocycles. The molecule has 2 nitrogen and oxygen atoms in total. The molecule has 2 fully saturated rings. The molecule has 2 N–H and O–H groups in total. The maximum absolute atomic E-state index is 5.37. The van der Waals surface area contributed by atoms with Gasteiger partial charge in [-0.15, -0.1) is 0 Å². The molecule has 1 aliphatic heterocycles. The zero-order valence-corrected chi connectivity index (χ0v) is 16.9. The lowest BCUT2D eigenvalue weighted by Gasteiger charge is -2.04. The summed E-state index contributed by atoms with van der Waals surface area (Å²) in [6.45, 7) is 8.33. The van der Waals surface area contributed by atoms with Crippen molar-refractivity contribution in [2.45, 2.75) is 65.2 Å². The van der Waals surface area contributed by atoms with E-state index < -0.39 is 0 Å². The second kappa shape index (κ2) is 11.2. The van der Waals surface area contributed by atoms with Gasteiger partial charge in [-0.2, -0.15) is 0 Å². The van der Waals surface area contributed by atoms with Crippen LogP contribution < -0.4 is 5.84 Å². The minimum atomic E-state index is 0.871. The van der Waals surface area contributed by atoms with Crippen molar-refractivity contribution in [2.75, 3.05) is 13.1 Å². The summed E-state index contributed by atoms with van der Waals surface area (Å²) < 4.78 is 0. The van der Waals surface area contributed by atoms with Crippen LogP contribution in [0.5, 0.6) is 0 Å². The van der Waals surface area contributed by atoms with E-state index in [0.29, 0.717) is 0 Å². The Bertz CT molecular complexity index is 606.